The maximum Gasteiger partial charge on any atom is 0.140 e. The quantitative estimate of drug-likeness (QED) is 0.571. The van der Waals surface area contributed by atoms with Crippen molar-refractivity contribution < 1.29 is 0 Å². The molecule has 0 spiro atoms. The lowest BCUT2D eigenvalue weighted by Gasteiger charge is -2.12. The molecule has 1 aromatic rings. The molecule has 0 unspecified atom stereocenters. The fraction of sp³-hybridized carbons (Fsp3) is 0.667. The molecule has 1 radical (unpaired) electrons. The lowest BCUT2D eigenvalue weighted by atomic mass is 10.4. The summed E-state index contributed by atoms with van der Waals surface area (Å²) in [4.78, 5) is 1.72. The summed E-state index contributed by atoms with van der Waals surface area (Å²) in [7, 11) is 3.84. The molecule has 55 valence electrons. The van der Waals surface area contributed by atoms with Gasteiger partial charge in [0, 0.05) is 14.1 Å². The molecule has 10 heavy (non-hydrogen) atoms. The van der Waals surface area contributed by atoms with Gasteiger partial charge in [-0.2, -0.15) is 4.79 Å². The zero-order chi connectivity index (χ0) is 7.56. The summed E-state index contributed by atoms with van der Waals surface area (Å²) in [6, 6.07) is 0. The Hall–Kier alpha value is -1.06. The van der Waals surface area contributed by atoms with Crippen LogP contribution in [0, 0.1) is 6.20 Å². The van der Waals surface area contributed by atoms with E-state index < -0.39 is 0 Å². The third-order valence-electron chi connectivity index (χ3n) is 1.26. The molecule has 0 saturated heterocycles. The van der Waals surface area contributed by atoms with E-state index in [1.807, 2.05) is 19.1 Å². The van der Waals surface area contributed by atoms with Gasteiger partial charge in [-0.3, -0.25) is 0 Å². The van der Waals surface area contributed by atoms with E-state index in [2.05, 4.69) is 23.4 Å². The number of rotatable bonds is 2. The maximum absolute atomic E-state index is 3.82. The van der Waals surface area contributed by atoms with Gasteiger partial charge in [-0.15, -0.1) is 5.10 Å². The molecular weight excluding hydrogens is 128 g/mol. The Morgan fingerprint density at radius 3 is 2.70 bits per heavy atom. The van der Waals surface area contributed by atoms with Gasteiger partial charge in [0.2, 0.25) is 0 Å². The molecule has 0 aliphatic carbocycles. The minimum atomic E-state index is 0.908. The topological polar surface area (TPSA) is 34.0 Å². The van der Waals surface area contributed by atoms with E-state index >= 15 is 0 Å². The lowest BCUT2D eigenvalue weighted by Crippen LogP contribution is -2.27. The standard InChI is InChI=1S/C6H11N4/c1-4-6-5-7-8-10(6)9(2)3/h4H2,1-3H3. The predicted octanol–water partition coefficient (Wildman–Crippen LogP) is -0.162. The number of nitrogens with zero attached hydrogens (tertiary/aromatic N) is 4. The molecule has 4 nitrogen and oxygen atoms in total. The lowest BCUT2D eigenvalue weighted by molar-refractivity contribution is 0.585. The summed E-state index contributed by atoms with van der Waals surface area (Å²) in [6.45, 7) is 2.05. The van der Waals surface area contributed by atoms with Crippen LogP contribution in [0.2, 0.25) is 0 Å². The average Bonchev–Trinajstić information content (AvgIpc) is 2.33. The zero-order valence-corrected chi connectivity index (χ0v) is 6.50. The molecule has 1 rings (SSSR count). The van der Waals surface area contributed by atoms with Gasteiger partial charge < -0.3 is 5.01 Å². The van der Waals surface area contributed by atoms with Crippen LogP contribution >= 0.6 is 0 Å². The Morgan fingerprint density at radius 1 is 1.60 bits per heavy atom. The van der Waals surface area contributed by atoms with Gasteiger partial charge in [-0.25, -0.2) is 0 Å². The Labute approximate surface area is 60.4 Å². The number of hydrogen-bond donors (Lipinski definition) is 0. The minimum absolute atomic E-state index is 0.908. The van der Waals surface area contributed by atoms with E-state index in [4.69, 9.17) is 0 Å². The van der Waals surface area contributed by atoms with Crippen LogP contribution in [0.5, 0.6) is 0 Å². The van der Waals surface area contributed by atoms with E-state index in [0.29, 0.717) is 0 Å². The first-order valence-electron chi connectivity index (χ1n) is 3.25. The van der Waals surface area contributed by atoms with Gasteiger partial charge in [-0.1, -0.05) is 6.92 Å². The monoisotopic (exact) mass is 139 g/mol. The number of aromatic nitrogens is 3. The fourth-order valence-corrected chi connectivity index (χ4v) is 0.763. The van der Waals surface area contributed by atoms with Crippen molar-refractivity contribution in [3.05, 3.63) is 11.9 Å². The van der Waals surface area contributed by atoms with Crippen molar-refractivity contribution in [1.29, 1.82) is 0 Å². The number of aryl methyl sites for hydroxylation is 1. The zero-order valence-electron chi connectivity index (χ0n) is 6.50. The minimum Gasteiger partial charge on any atom is -0.301 e. The van der Waals surface area contributed by atoms with E-state index in [0.717, 1.165) is 12.1 Å². The van der Waals surface area contributed by atoms with E-state index in [1.165, 1.54) is 0 Å². The Morgan fingerprint density at radius 2 is 2.30 bits per heavy atom. The Kier molecular flexibility index (Phi) is 1.89. The second-order valence-corrected chi connectivity index (χ2v) is 2.24. The highest BCUT2D eigenvalue weighted by Crippen LogP contribution is 1.93. The van der Waals surface area contributed by atoms with E-state index in [9.17, 15) is 0 Å². The SMILES string of the molecule is CCc1[c]nnn1N(C)C. The third-order valence-corrected chi connectivity index (χ3v) is 1.26. The van der Waals surface area contributed by atoms with Gasteiger partial charge in [-0.05, 0) is 11.6 Å². The van der Waals surface area contributed by atoms with Crippen molar-refractivity contribution >= 4 is 0 Å². The first-order valence-corrected chi connectivity index (χ1v) is 3.25. The van der Waals surface area contributed by atoms with Gasteiger partial charge in [0.05, 0.1) is 5.69 Å². The van der Waals surface area contributed by atoms with Gasteiger partial charge in [0.1, 0.15) is 6.20 Å². The van der Waals surface area contributed by atoms with E-state index in [-0.39, 0.29) is 0 Å². The Balaban J connectivity index is 2.90. The molecule has 0 bridgehead atoms. The molecular formula is C6H11N4. The highest BCUT2D eigenvalue weighted by molar-refractivity contribution is 4.94. The molecule has 0 fully saturated rings. The van der Waals surface area contributed by atoms with Gasteiger partial charge in [0.25, 0.3) is 0 Å². The first kappa shape index (κ1) is 7.05. The van der Waals surface area contributed by atoms with Crippen molar-refractivity contribution in [3.63, 3.8) is 0 Å². The van der Waals surface area contributed by atoms with Crippen molar-refractivity contribution in [1.82, 2.24) is 15.1 Å². The number of hydrogen-bond acceptors (Lipinski definition) is 3. The van der Waals surface area contributed by atoms with Crippen LogP contribution < -0.4 is 5.01 Å². The van der Waals surface area contributed by atoms with Gasteiger partial charge in [0.15, 0.2) is 0 Å². The van der Waals surface area contributed by atoms with Crippen molar-refractivity contribution in [2.24, 2.45) is 0 Å². The highest BCUT2D eigenvalue weighted by atomic mass is 15.7. The Bertz CT molecular complexity index is 203. The second kappa shape index (κ2) is 2.68. The predicted molar refractivity (Wildman–Crippen MR) is 38.3 cm³/mol. The summed E-state index contributed by atoms with van der Waals surface area (Å²) in [5, 5.41) is 9.35. The van der Waals surface area contributed by atoms with Crippen LogP contribution in [0.1, 0.15) is 12.6 Å². The maximum atomic E-state index is 3.82. The van der Waals surface area contributed by atoms with Crippen LogP contribution in [0.4, 0.5) is 0 Å². The summed E-state index contributed by atoms with van der Waals surface area (Å²) >= 11 is 0. The highest BCUT2D eigenvalue weighted by Gasteiger charge is 2.01. The van der Waals surface area contributed by atoms with Crippen LogP contribution in [0.3, 0.4) is 0 Å². The molecule has 0 aromatic carbocycles. The van der Waals surface area contributed by atoms with Crippen LogP contribution in [0.15, 0.2) is 0 Å². The molecule has 0 saturated carbocycles. The van der Waals surface area contributed by atoms with Crippen LogP contribution in [0.25, 0.3) is 0 Å². The third kappa shape index (κ3) is 1.10. The molecule has 0 aliphatic rings. The van der Waals surface area contributed by atoms with Gasteiger partial charge >= 0.3 is 0 Å². The van der Waals surface area contributed by atoms with Crippen LogP contribution in [-0.2, 0) is 6.42 Å². The van der Waals surface area contributed by atoms with Crippen molar-refractivity contribution in [2.75, 3.05) is 19.1 Å². The molecule has 1 aromatic heterocycles. The van der Waals surface area contributed by atoms with Crippen molar-refractivity contribution in [2.45, 2.75) is 13.3 Å². The molecule has 0 N–H and O–H groups in total. The summed E-state index contributed by atoms with van der Waals surface area (Å²) in [5.74, 6) is 0. The molecule has 4 heteroatoms. The average molecular weight is 139 g/mol. The van der Waals surface area contributed by atoms with Crippen LogP contribution in [-0.4, -0.2) is 29.2 Å². The molecule has 1 heterocycles. The van der Waals surface area contributed by atoms with Crippen molar-refractivity contribution in [3.8, 4) is 0 Å². The summed E-state index contributed by atoms with van der Waals surface area (Å²) < 4.78 is 0. The molecule has 0 aliphatic heterocycles. The first-order chi connectivity index (χ1) is 4.75. The largest absolute Gasteiger partial charge is 0.301 e. The fourth-order valence-electron chi connectivity index (χ4n) is 0.763. The second-order valence-electron chi connectivity index (χ2n) is 2.24. The smallest absolute Gasteiger partial charge is 0.140 e. The normalized spacial score (nSPS) is 9.90. The summed E-state index contributed by atoms with van der Waals surface area (Å²) in [6.07, 6.45) is 3.70. The molecule has 0 atom stereocenters. The summed E-state index contributed by atoms with van der Waals surface area (Å²) in [5.41, 5.74) is 1.00. The molecule has 0 amide bonds. The van der Waals surface area contributed by atoms with E-state index in [1.54, 1.807) is 4.79 Å².